The molecule has 0 saturated carbocycles. The molecule has 2 heterocycles. The SMILES string of the molecule is CCn1cc(CN(C)C(=O)[C@@H](C)Cn2nc([N+](=O)[O-])cc2C)c(C)n1. The van der Waals surface area contributed by atoms with E-state index in [1.807, 2.05) is 24.7 Å². The number of carbonyl (C=O) groups is 1. The second kappa shape index (κ2) is 7.45. The van der Waals surface area contributed by atoms with Gasteiger partial charge in [0.25, 0.3) is 0 Å². The quantitative estimate of drug-likeness (QED) is 0.562. The van der Waals surface area contributed by atoms with Gasteiger partial charge >= 0.3 is 5.82 Å². The Morgan fingerprint density at radius 2 is 2.08 bits per heavy atom. The summed E-state index contributed by atoms with van der Waals surface area (Å²) < 4.78 is 3.35. The molecule has 0 aliphatic rings. The van der Waals surface area contributed by atoms with E-state index >= 15 is 0 Å². The number of nitro groups is 1. The maximum Gasteiger partial charge on any atom is 0.390 e. The fourth-order valence-corrected chi connectivity index (χ4v) is 2.69. The van der Waals surface area contributed by atoms with Crippen molar-refractivity contribution in [1.29, 1.82) is 0 Å². The van der Waals surface area contributed by atoms with Crippen molar-refractivity contribution < 1.29 is 9.72 Å². The van der Waals surface area contributed by atoms with Gasteiger partial charge < -0.3 is 15.0 Å². The van der Waals surface area contributed by atoms with Crippen LogP contribution in [0.25, 0.3) is 0 Å². The number of aryl methyl sites for hydroxylation is 3. The molecule has 9 nitrogen and oxygen atoms in total. The molecule has 0 unspecified atom stereocenters. The number of rotatable bonds is 7. The Morgan fingerprint density at radius 3 is 2.60 bits per heavy atom. The van der Waals surface area contributed by atoms with E-state index < -0.39 is 4.92 Å². The second-order valence-electron chi connectivity index (χ2n) is 6.27. The highest BCUT2D eigenvalue weighted by Gasteiger charge is 2.23. The van der Waals surface area contributed by atoms with Crippen molar-refractivity contribution in [2.45, 2.75) is 47.3 Å². The van der Waals surface area contributed by atoms with E-state index in [1.165, 1.54) is 10.7 Å². The highest BCUT2D eigenvalue weighted by molar-refractivity contribution is 5.78. The topological polar surface area (TPSA) is 99.1 Å². The van der Waals surface area contributed by atoms with Crippen LogP contribution in [0.5, 0.6) is 0 Å². The van der Waals surface area contributed by atoms with Crippen molar-refractivity contribution in [1.82, 2.24) is 24.5 Å². The number of hydrogen-bond donors (Lipinski definition) is 0. The fraction of sp³-hybridized carbons (Fsp3) is 0.562. The van der Waals surface area contributed by atoms with Crippen LogP contribution in [0.4, 0.5) is 5.82 Å². The Labute approximate surface area is 146 Å². The first kappa shape index (κ1) is 18.6. The summed E-state index contributed by atoms with van der Waals surface area (Å²) in [5.74, 6) is -0.584. The van der Waals surface area contributed by atoms with Crippen LogP contribution in [-0.2, 0) is 24.4 Å². The van der Waals surface area contributed by atoms with E-state index in [-0.39, 0.29) is 17.6 Å². The zero-order valence-electron chi connectivity index (χ0n) is 15.3. The molecule has 0 fully saturated rings. The normalized spacial score (nSPS) is 12.2. The van der Waals surface area contributed by atoms with Gasteiger partial charge in [0.1, 0.15) is 0 Å². The third-order valence-electron chi connectivity index (χ3n) is 4.18. The van der Waals surface area contributed by atoms with Crippen LogP contribution in [-0.4, -0.2) is 42.3 Å². The molecule has 0 aliphatic heterocycles. The molecule has 0 aromatic carbocycles. The van der Waals surface area contributed by atoms with Crippen LogP contribution >= 0.6 is 0 Å². The third-order valence-corrected chi connectivity index (χ3v) is 4.18. The van der Waals surface area contributed by atoms with Crippen LogP contribution in [0.1, 0.15) is 30.8 Å². The fourth-order valence-electron chi connectivity index (χ4n) is 2.69. The zero-order valence-corrected chi connectivity index (χ0v) is 15.3. The average molecular weight is 348 g/mol. The van der Waals surface area contributed by atoms with Gasteiger partial charge in [-0.3, -0.25) is 9.48 Å². The lowest BCUT2D eigenvalue weighted by molar-refractivity contribution is -0.389. The Bertz CT molecular complexity index is 779. The second-order valence-corrected chi connectivity index (χ2v) is 6.27. The van der Waals surface area contributed by atoms with Gasteiger partial charge in [-0.2, -0.15) is 9.78 Å². The van der Waals surface area contributed by atoms with Crippen molar-refractivity contribution in [3.8, 4) is 0 Å². The maximum absolute atomic E-state index is 12.6. The number of aromatic nitrogens is 4. The average Bonchev–Trinajstić information content (AvgIpc) is 3.10. The number of nitrogens with zero attached hydrogens (tertiary/aromatic N) is 6. The molecule has 0 spiro atoms. The van der Waals surface area contributed by atoms with E-state index in [1.54, 1.807) is 25.8 Å². The van der Waals surface area contributed by atoms with Crippen LogP contribution in [0.15, 0.2) is 12.3 Å². The molecule has 0 radical (unpaired) electrons. The van der Waals surface area contributed by atoms with Crippen molar-refractivity contribution in [2.24, 2.45) is 5.92 Å². The van der Waals surface area contributed by atoms with Crippen molar-refractivity contribution in [2.75, 3.05) is 7.05 Å². The first-order valence-electron chi connectivity index (χ1n) is 8.19. The predicted molar refractivity (Wildman–Crippen MR) is 91.9 cm³/mol. The Kier molecular flexibility index (Phi) is 5.55. The molecule has 1 atom stereocenters. The summed E-state index contributed by atoms with van der Waals surface area (Å²) >= 11 is 0. The van der Waals surface area contributed by atoms with E-state index in [0.717, 1.165) is 17.8 Å². The molecule has 0 N–H and O–H groups in total. The van der Waals surface area contributed by atoms with E-state index in [0.29, 0.717) is 18.8 Å². The minimum atomic E-state index is -0.531. The number of carbonyl (C=O) groups excluding carboxylic acids is 1. The summed E-state index contributed by atoms with van der Waals surface area (Å²) in [5.41, 5.74) is 2.58. The zero-order chi connectivity index (χ0) is 18.7. The summed E-state index contributed by atoms with van der Waals surface area (Å²) in [7, 11) is 1.75. The van der Waals surface area contributed by atoms with Crippen molar-refractivity contribution >= 4 is 11.7 Å². The molecule has 2 rings (SSSR count). The molecule has 0 saturated heterocycles. The van der Waals surface area contributed by atoms with Gasteiger partial charge in [-0.15, -0.1) is 0 Å². The lowest BCUT2D eigenvalue weighted by atomic mass is 10.1. The third kappa shape index (κ3) is 4.23. The highest BCUT2D eigenvalue weighted by atomic mass is 16.6. The molecular weight excluding hydrogens is 324 g/mol. The molecule has 136 valence electrons. The van der Waals surface area contributed by atoms with Gasteiger partial charge in [0, 0.05) is 31.9 Å². The molecule has 1 amide bonds. The van der Waals surface area contributed by atoms with E-state index in [4.69, 9.17) is 0 Å². The molecule has 2 aromatic heterocycles. The monoisotopic (exact) mass is 348 g/mol. The van der Waals surface area contributed by atoms with E-state index in [2.05, 4.69) is 10.2 Å². The first-order chi connectivity index (χ1) is 11.7. The van der Waals surface area contributed by atoms with Gasteiger partial charge in [-0.05, 0) is 25.7 Å². The van der Waals surface area contributed by atoms with Crippen LogP contribution in [0.3, 0.4) is 0 Å². The molecule has 0 bridgehead atoms. The van der Waals surface area contributed by atoms with Crippen LogP contribution in [0, 0.1) is 29.9 Å². The molecule has 2 aromatic rings. The molecule has 9 heteroatoms. The summed E-state index contributed by atoms with van der Waals surface area (Å²) in [5, 5.41) is 19.1. The summed E-state index contributed by atoms with van der Waals surface area (Å²) in [6.07, 6.45) is 1.95. The van der Waals surface area contributed by atoms with Gasteiger partial charge in [0.15, 0.2) is 0 Å². The standard InChI is InChI=1S/C16H24N6O3/c1-6-20-10-14(13(4)17-20)9-19(5)16(23)11(2)8-21-12(3)7-15(18-21)22(24)25/h7,10-11H,6,8-9H2,1-5H3/t11-/m0/s1. The first-order valence-corrected chi connectivity index (χ1v) is 8.19. The maximum atomic E-state index is 12.6. The van der Waals surface area contributed by atoms with Crippen molar-refractivity contribution in [3.05, 3.63) is 39.3 Å². The summed E-state index contributed by atoms with van der Waals surface area (Å²) in [6.45, 7) is 9.04. The minimum absolute atomic E-state index is 0.0406. The van der Waals surface area contributed by atoms with Gasteiger partial charge in [-0.1, -0.05) is 6.92 Å². The highest BCUT2D eigenvalue weighted by Crippen LogP contribution is 2.15. The lowest BCUT2D eigenvalue weighted by Gasteiger charge is -2.20. The number of amides is 1. The largest absolute Gasteiger partial charge is 0.390 e. The number of hydrogen-bond acceptors (Lipinski definition) is 5. The van der Waals surface area contributed by atoms with Crippen LogP contribution in [0.2, 0.25) is 0 Å². The molecular formula is C16H24N6O3. The minimum Gasteiger partial charge on any atom is -0.358 e. The molecule has 0 aliphatic carbocycles. The Morgan fingerprint density at radius 1 is 1.40 bits per heavy atom. The van der Waals surface area contributed by atoms with Gasteiger partial charge in [-0.25, -0.2) is 0 Å². The van der Waals surface area contributed by atoms with Gasteiger partial charge in [0.2, 0.25) is 5.91 Å². The van der Waals surface area contributed by atoms with Crippen molar-refractivity contribution in [3.63, 3.8) is 0 Å². The predicted octanol–water partition coefficient (Wildman–Crippen LogP) is 1.92. The van der Waals surface area contributed by atoms with Crippen LogP contribution < -0.4 is 0 Å². The summed E-state index contributed by atoms with van der Waals surface area (Å²) in [6, 6.07) is 1.41. The molecule has 25 heavy (non-hydrogen) atoms. The smallest absolute Gasteiger partial charge is 0.358 e. The lowest BCUT2D eigenvalue weighted by Crippen LogP contribution is -2.33. The Balaban J connectivity index is 2.03. The Hall–Kier alpha value is -2.71. The van der Waals surface area contributed by atoms with Gasteiger partial charge in [0.05, 0.1) is 35.0 Å². The van der Waals surface area contributed by atoms with E-state index in [9.17, 15) is 14.9 Å². The summed E-state index contributed by atoms with van der Waals surface area (Å²) in [4.78, 5) is 24.5.